The van der Waals surface area contributed by atoms with E-state index in [1.54, 1.807) is 24.1 Å². The van der Waals surface area contributed by atoms with Crippen LogP contribution in [0.2, 0.25) is 0 Å². The van der Waals surface area contributed by atoms with Gasteiger partial charge in [0.2, 0.25) is 5.91 Å². The van der Waals surface area contributed by atoms with E-state index >= 15 is 0 Å². The molecule has 3 heterocycles. The number of anilines is 1. The number of carboxylic acid groups (broad SMARTS) is 1. The highest BCUT2D eigenvalue weighted by molar-refractivity contribution is 5.90. The highest BCUT2D eigenvalue weighted by Crippen LogP contribution is 2.23. The fourth-order valence-corrected chi connectivity index (χ4v) is 6.68. The van der Waals surface area contributed by atoms with Gasteiger partial charge in [0.05, 0.1) is 5.69 Å². The molecule has 4 N–H and O–H groups in total. The molecule has 2 aliphatic heterocycles. The van der Waals surface area contributed by atoms with Crippen LogP contribution in [0.15, 0.2) is 71.7 Å². The number of carbonyl (C=O) groups is 4. The maximum absolute atomic E-state index is 13.0. The van der Waals surface area contributed by atoms with E-state index in [1.807, 2.05) is 61.5 Å². The summed E-state index contributed by atoms with van der Waals surface area (Å²) in [4.78, 5) is 71.9. The molecule has 52 heavy (non-hydrogen) atoms. The number of hydrogen-bond donors (Lipinski definition) is 4. The van der Waals surface area contributed by atoms with Gasteiger partial charge in [-0.2, -0.15) is 4.98 Å². The molecule has 2 aromatic carbocycles. The Morgan fingerprint density at radius 1 is 0.962 bits per heavy atom. The molecule has 15 heteroatoms. The normalized spacial score (nSPS) is 17.6. The molecule has 3 aromatic rings. The first-order valence-corrected chi connectivity index (χ1v) is 17.6. The number of carbonyl (C=O) groups excluding carboxylic acids is 3. The van der Waals surface area contributed by atoms with Gasteiger partial charge in [-0.1, -0.05) is 42.5 Å². The van der Waals surface area contributed by atoms with Crippen LogP contribution in [0.3, 0.4) is 0 Å². The molecule has 2 saturated heterocycles. The zero-order valence-electron chi connectivity index (χ0n) is 30.1. The van der Waals surface area contributed by atoms with Gasteiger partial charge in [0.15, 0.2) is 0 Å². The summed E-state index contributed by atoms with van der Waals surface area (Å²) >= 11 is 0. The second-order valence-electron chi connectivity index (χ2n) is 14.0. The average Bonchev–Trinajstić information content (AvgIpc) is 3.11. The number of nitrogens with zero attached hydrogens (tertiary/aromatic N) is 5. The molecule has 278 valence electrons. The molecule has 2 fully saturated rings. The molecule has 0 aliphatic carbocycles. The number of amides is 5. The van der Waals surface area contributed by atoms with Crippen LogP contribution in [0.25, 0.3) is 5.69 Å². The first-order valence-electron chi connectivity index (χ1n) is 17.6. The van der Waals surface area contributed by atoms with E-state index in [0.717, 1.165) is 43.6 Å². The van der Waals surface area contributed by atoms with Crippen LogP contribution in [-0.4, -0.2) is 104 Å². The Morgan fingerprint density at radius 2 is 1.65 bits per heavy atom. The molecule has 5 rings (SSSR count). The molecular formula is C37H48N8O7. The molecule has 0 saturated carbocycles. The Hall–Kier alpha value is -5.44. The minimum absolute atomic E-state index is 0.0107. The van der Waals surface area contributed by atoms with E-state index in [2.05, 4.69) is 25.8 Å². The van der Waals surface area contributed by atoms with Gasteiger partial charge in [-0.3, -0.25) is 19.6 Å². The summed E-state index contributed by atoms with van der Waals surface area (Å²) in [6, 6.07) is 18.1. The lowest BCUT2D eigenvalue weighted by atomic mass is 9.90. The molecular weight excluding hydrogens is 668 g/mol. The summed E-state index contributed by atoms with van der Waals surface area (Å²) in [5.74, 6) is 0.0972. The molecule has 5 amide bonds. The molecule has 0 spiro atoms. The van der Waals surface area contributed by atoms with Gasteiger partial charge >= 0.3 is 23.9 Å². The van der Waals surface area contributed by atoms with Gasteiger partial charge < -0.3 is 30.3 Å². The SMILES string of the molecule is CC1CN(C(=O)Nc2ccn(-c3ccc(CN4CCC([C@H](C)NC(=O)OCc5ccccc5)CC4)cc3)c(=O)n2)CCN1C(=O)C(C)(C)NC(=O)O. The van der Waals surface area contributed by atoms with E-state index in [0.29, 0.717) is 11.6 Å². The molecule has 1 unspecified atom stereocenters. The molecule has 0 radical (unpaired) electrons. The zero-order chi connectivity index (χ0) is 37.4. The third-order valence-corrected chi connectivity index (χ3v) is 9.69. The van der Waals surface area contributed by atoms with Crippen LogP contribution in [-0.2, 0) is 22.7 Å². The monoisotopic (exact) mass is 716 g/mol. The van der Waals surface area contributed by atoms with E-state index in [-0.39, 0.29) is 50.0 Å². The molecule has 15 nitrogen and oxygen atoms in total. The van der Waals surface area contributed by atoms with Crippen molar-refractivity contribution in [3.8, 4) is 5.69 Å². The van der Waals surface area contributed by atoms with Gasteiger partial charge in [0.1, 0.15) is 18.0 Å². The number of piperidine rings is 1. The predicted octanol–water partition coefficient (Wildman–Crippen LogP) is 3.87. The minimum atomic E-state index is -1.31. The van der Waals surface area contributed by atoms with Gasteiger partial charge in [-0.15, -0.1) is 0 Å². The van der Waals surface area contributed by atoms with E-state index in [9.17, 15) is 24.0 Å². The Morgan fingerprint density at radius 3 is 2.29 bits per heavy atom. The highest BCUT2D eigenvalue weighted by atomic mass is 16.5. The van der Waals surface area contributed by atoms with Crippen molar-refractivity contribution in [1.82, 2.24) is 34.9 Å². The minimum Gasteiger partial charge on any atom is -0.465 e. The number of benzene rings is 2. The third-order valence-electron chi connectivity index (χ3n) is 9.69. The lowest BCUT2D eigenvalue weighted by Gasteiger charge is -2.42. The average molecular weight is 717 g/mol. The van der Waals surface area contributed by atoms with Crippen molar-refractivity contribution in [1.29, 1.82) is 0 Å². The van der Waals surface area contributed by atoms with Gasteiger partial charge in [-0.25, -0.2) is 19.2 Å². The number of piperazine rings is 1. The van der Waals surface area contributed by atoms with Crippen molar-refractivity contribution in [2.24, 2.45) is 5.92 Å². The topological polar surface area (TPSA) is 178 Å². The van der Waals surface area contributed by atoms with Crippen molar-refractivity contribution < 1.29 is 29.0 Å². The van der Waals surface area contributed by atoms with Gasteiger partial charge in [0.25, 0.3) is 0 Å². The first kappa shape index (κ1) is 37.8. The number of hydrogen-bond acceptors (Lipinski definition) is 8. The van der Waals surface area contributed by atoms with Gasteiger partial charge in [-0.05, 0) is 88.9 Å². The van der Waals surface area contributed by atoms with Crippen LogP contribution < -0.4 is 21.6 Å². The number of aromatic nitrogens is 2. The smallest absolute Gasteiger partial charge is 0.407 e. The van der Waals surface area contributed by atoms with Crippen LogP contribution in [0.4, 0.5) is 20.2 Å². The Labute approximate surface area is 302 Å². The lowest BCUT2D eigenvalue weighted by molar-refractivity contribution is -0.140. The van der Waals surface area contributed by atoms with Crippen LogP contribution in [0.1, 0.15) is 51.7 Å². The second kappa shape index (κ2) is 16.7. The Bertz CT molecular complexity index is 1770. The number of ether oxygens (including phenoxy) is 1. The van der Waals surface area contributed by atoms with Crippen LogP contribution in [0.5, 0.6) is 0 Å². The predicted molar refractivity (Wildman–Crippen MR) is 194 cm³/mol. The van der Waals surface area contributed by atoms with Crippen molar-refractivity contribution >= 4 is 29.9 Å². The van der Waals surface area contributed by atoms with Crippen LogP contribution >= 0.6 is 0 Å². The Balaban J connectivity index is 1.06. The van der Waals surface area contributed by atoms with E-state index in [4.69, 9.17) is 9.84 Å². The number of likely N-dealkylation sites (tertiary alicyclic amines) is 1. The fourth-order valence-electron chi connectivity index (χ4n) is 6.68. The fraction of sp³-hybridized carbons (Fsp3) is 0.459. The lowest BCUT2D eigenvalue weighted by Crippen LogP contribution is -2.63. The molecule has 1 aromatic heterocycles. The van der Waals surface area contributed by atoms with Gasteiger partial charge in [0, 0.05) is 44.5 Å². The maximum atomic E-state index is 13.0. The van der Waals surface area contributed by atoms with Crippen molar-refractivity contribution in [2.45, 2.75) is 71.3 Å². The van der Waals surface area contributed by atoms with Crippen molar-refractivity contribution in [2.75, 3.05) is 38.0 Å². The number of nitrogens with one attached hydrogen (secondary N) is 3. The largest absolute Gasteiger partial charge is 0.465 e. The summed E-state index contributed by atoms with van der Waals surface area (Å²) in [5, 5.41) is 17.0. The summed E-state index contributed by atoms with van der Waals surface area (Å²) < 4.78 is 6.79. The number of rotatable bonds is 10. The summed E-state index contributed by atoms with van der Waals surface area (Å²) in [7, 11) is 0. The highest BCUT2D eigenvalue weighted by Gasteiger charge is 2.38. The number of alkyl carbamates (subject to hydrolysis) is 1. The molecule has 2 aliphatic rings. The van der Waals surface area contributed by atoms with E-state index < -0.39 is 29.4 Å². The molecule has 2 atom stereocenters. The standard InChI is InChI=1S/C37H48N8O7/c1-25-22-43(20-21-44(25)32(46)37(3,4)41-35(49)50)33(47)39-31-16-19-45(34(48)40-31)30-12-10-27(11-13-30)23-42-17-14-29(15-18-42)26(2)38-36(51)52-24-28-8-6-5-7-9-28/h5-13,16,19,25-26,29,41H,14-15,17-18,20-24H2,1-4H3,(H,38,51)(H,49,50)(H,39,40,47,48)/t25?,26-/m0/s1. The van der Waals surface area contributed by atoms with E-state index in [1.165, 1.54) is 23.3 Å². The molecule has 0 bridgehead atoms. The van der Waals surface area contributed by atoms with Crippen molar-refractivity contribution in [3.05, 3.63) is 88.5 Å². The zero-order valence-corrected chi connectivity index (χ0v) is 30.1. The third kappa shape index (κ3) is 9.87. The first-order chi connectivity index (χ1) is 24.8. The summed E-state index contributed by atoms with van der Waals surface area (Å²) in [6.45, 7) is 10.3. The maximum Gasteiger partial charge on any atom is 0.407 e. The second-order valence-corrected chi connectivity index (χ2v) is 14.0. The summed E-state index contributed by atoms with van der Waals surface area (Å²) in [6.07, 6.45) is 1.79. The van der Waals surface area contributed by atoms with Crippen molar-refractivity contribution in [3.63, 3.8) is 0 Å². The Kier molecular flexibility index (Phi) is 12.2. The number of urea groups is 1. The quantitative estimate of drug-likeness (QED) is 0.243. The summed E-state index contributed by atoms with van der Waals surface area (Å²) in [5.41, 5.74) is 0.852. The van der Waals surface area contributed by atoms with Crippen LogP contribution in [0, 0.1) is 5.92 Å².